The van der Waals surface area contributed by atoms with Crippen molar-refractivity contribution in [3.8, 4) is 0 Å². The largest absolute Gasteiger partial charge is 0.380 e. The van der Waals surface area contributed by atoms with Gasteiger partial charge in [-0.05, 0) is 33.3 Å². The molecule has 2 aromatic rings. The summed E-state index contributed by atoms with van der Waals surface area (Å²) in [4.78, 5) is 4.71. The molecule has 2 rings (SSSR count). The molecule has 2 N–H and O–H groups in total. The maximum absolute atomic E-state index is 5.36. The standard InChI is InChI=1S/C20H31N5O/c1-5-21-20(22-12-13-26-6-2)23-14-19-16(3)24-25(17(19)4)15-18-10-8-7-9-11-18/h7-11H,5-6,12-15H2,1-4H3,(H2,21,22,23). The zero-order chi connectivity index (χ0) is 18.8. The lowest BCUT2D eigenvalue weighted by molar-refractivity contribution is 0.152. The van der Waals surface area contributed by atoms with Gasteiger partial charge in [-0.2, -0.15) is 5.10 Å². The molecule has 0 aliphatic rings. The molecule has 1 aromatic heterocycles. The lowest BCUT2D eigenvalue weighted by atomic mass is 10.2. The molecule has 6 heteroatoms. The number of nitrogens with one attached hydrogen (secondary N) is 2. The molecular weight excluding hydrogens is 326 g/mol. The maximum atomic E-state index is 5.36. The number of guanidine groups is 1. The number of aliphatic imine (C=N–C) groups is 1. The lowest BCUT2D eigenvalue weighted by Crippen LogP contribution is -2.39. The number of benzene rings is 1. The van der Waals surface area contributed by atoms with Crippen LogP contribution in [-0.2, 0) is 17.8 Å². The third-order valence-corrected chi connectivity index (χ3v) is 4.19. The Hall–Kier alpha value is -2.34. The second-order valence-electron chi connectivity index (χ2n) is 6.11. The summed E-state index contributed by atoms with van der Waals surface area (Å²) in [5.74, 6) is 0.807. The lowest BCUT2D eigenvalue weighted by Gasteiger charge is -2.11. The average molecular weight is 358 g/mol. The van der Waals surface area contributed by atoms with Gasteiger partial charge in [0.2, 0.25) is 0 Å². The molecule has 0 saturated heterocycles. The molecule has 0 aliphatic heterocycles. The molecule has 0 aliphatic carbocycles. The van der Waals surface area contributed by atoms with E-state index in [9.17, 15) is 0 Å². The highest BCUT2D eigenvalue weighted by atomic mass is 16.5. The van der Waals surface area contributed by atoms with Gasteiger partial charge in [-0.3, -0.25) is 4.68 Å². The second kappa shape index (κ2) is 10.6. The van der Waals surface area contributed by atoms with Gasteiger partial charge in [-0.15, -0.1) is 0 Å². The minimum Gasteiger partial charge on any atom is -0.380 e. The van der Waals surface area contributed by atoms with Crippen molar-refractivity contribution in [2.75, 3.05) is 26.3 Å². The fourth-order valence-corrected chi connectivity index (χ4v) is 2.76. The summed E-state index contributed by atoms with van der Waals surface area (Å²) < 4.78 is 7.42. The fraction of sp³-hybridized carbons (Fsp3) is 0.500. The highest BCUT2D eigenvalue weighted by Gasteiger charge is 2.11. The van der Waals surface area contributed by atoms with Crippen LogP contribution in [-0.4, -0.2) is 42.0 Å². The van der Waals surface area contributed by atoms with Crippen LogP contribution >= 0.6 is 0 Å². The molecule has 0 fully saturated rings. The predicted octanol–water partition coefficient (Wildman–Crippen LogP) is 2.64. The van der Waals surface area contributed by atoms with E-state index in [-0.39, 0.29) is 0 Å². The van der Waals surface area contributed by atoms with Crippen molar-refractivity contribution < 1.29 is 4.74 Å². The van der Waals surface area contributed by atoms with Crippen LogP contribution in [0.5, 0.6) is 0 Å². The Morgan fingerprint density at radius 3 is 2.62 bits per heavy atom. The third kappa shape index (κ3) is 5.88. The zero-order valence-electron chi connectivity index (χ0n) is 16.4. The van der Waals surface area contributed by atoms with Crippen LogP contribution in [0.15, 0.2) is 35.3 Å². The van der Waals surface area contributed by atoms with Crippen LogP contribution in [0.1, 0.15) is 36.4 Å². The van der Waals surface area contributed by atoms with Crippen LogP contribution < -0.4 is 10.6 Å². The van der Waals surface area contributed by atoms with E-state index in [1.54, 1.807) is 0 Å². The number of rotatable bonds is 9. The normalized spacial score (nSPS) is 11.6. The van der Waals surface area contributed by atoms with Crippen LogP contribution in [0.4, 0.5) is 0 Å². The van der Waals surface area contributed by atoms with Crippen molar-refractivity contribution in [1.29, 1.82) is 0 Å². The van der Waals surface area contributed by atoms with Gasteiger partial charge in [0.1, 0.15) is 0 Å². The third-order valence-electron chi connectivity index (χ3n) is 4.19. The summed E-state index contributed by atoms with van der Waals surface area (Å²) in [5.41, 5.74) is 4.63. The van der Waals surface area contributed by atoms with Crippen molar-refractivity contribution in [3.63, 3.8) is 0 Å². The van der Waals surface area contributed by atoms with Gasteiger partial charge < -0.3 is 15.4 Å². The highest BCUT2D eigenvalue weighted by Crippen LogP contribution is 2.15. The van der Waals surface area contributed by atoms with E-state index in [2.05, 4.69) is 60.4 Å². The van der Waals surface area contributed by atoms with E-state index in [4.69, 9.17) is 14.8 Å². The van der Waals surface area contributed by atoms with Gasteiger partial charge in [-0.1, -0.05) is 30.3 Å². The molecule has 0 spiro atoms. The van der Waals surface area contributed by atoms with Crippen LogP contribution in [0.2, 0.25) is 0 Å². The van der Waals surface area contributed by atoms with E-state index in [0.717, 1.165) is 37.9 Å². The van der Waals surface area contributed by atoms with Gasteiger partial charge >= 0.3 is 0 Å². The van der Waals surface area contributed by atoms with Gasteiger partial charge in [-0.25, -0.2) is 4.99 Å². The first-order valence-corrected chi connectivity index (χ1v) is 9.32. The molecule has 26 heavy (non-hydrogen) atoms. The molecule has 0 unspecified atom stereocenters. The van der Waals surface area contributed by atoms with E-state index in [0.29, 0.717) is 13.2 Å². The number of ether oxygens (including phenoxy) is 1. The summed E-state index contributed by atoms with van der Waals surface area (Å²) in [7, 11) is 0. The maximum Gasteiger partial charge on any atom is 0.191 e. The number of nitrogens with zero attached hydrogens (tertiary/aromatic N) is 3. The van der Waals surface area contributed by atoms with E-state index in [1.165, 1.54) is 16.8 Å². The van der Waals surface area contributed by atoms with Crippen molar-refractivity contribution in [2.45, 2.75) is 40.8 Å². The van der Waals surface area contributed by atoms with Crippen molar-refractivity contribution in [3.05, 3.63) is 52.8 Å². The molecule has 0 atom stereocenters. The van der Waals surface area contributed by atoms with Crippen molar-refractivity contribution in [2.24, 2.45) is 4.99 Å². The molecule has 1 heterocycles. The summed E-state index contributed by atoms with van der Waals surface area (Å²) in [5, 5.41) is 11.3. The van der Waals surface area contributed by atoms with Crippen molar-refractivity contribution in [1.82, 2.24) is 20.4 Å². The van der Waals surface area contributed by atoms with Gasteiger partial charge in [0.05, 0.1) is 25.4 Å². The monoisotopic (exact) mass is 357 g/mol. The first-order valence-electron chi connectivity index (χ1n) is 9.32. The van der Waals surface area contributed by atoms with Crippen LogP contribution in [0, 0.1) is 13.8 Å². The molecule has 0 bridgehead atoms. The summed E-state index contributed by atoms with van der Waals surface area (Å²) in [6.45, 7) is 12.6. The molecule has 0 radical (unpaired) electrons. The smallest absolute Gasteiger partial charge is 0.191 e. The summed E-state index contributed by atoms with van der Waals surface area (Å²) in [6, 6.07) is 10.4. The molecule has 142 valence electrons. The Bertz CT molecular complexity index is 694. The minimum atomic E-state index is 0.608. The average Bonchev–Trinajstić information content (AvgIpc) is 2.90. The zero-order valence-corrected chi connectivity index (χ0v) is 16.4. The van der Waals surface area contributed by atoms with Gasteiger partial charge in [0.15, 0.2) is 5.96 Å². The first kappa shape index (κ1) is 20.0. The minimum absolute atomic E-state index is 0.608. The number of aryl methyl sites for hydroxylation is 1. The van der Waals surface area contributed by atoms with Crippen molar-refractivity contribution >= 4 is 5.96 Å². The predicted molar refractivity (Wildman–Crippen MR) is 107 cm³/mol. The Labute approximate surface area is 156 Å². The molecule has 0 amide bonds. The molecular formula is C20H31N5O. The van der Waals surface area contributed by atoms with E-state index >= 15 is 0 Å². The Kier molecular flexibility index (Phi) is 8.15. The van der Waals surface area contributed by atoms with Gasteiger partial charge in [0, 0.05) is 31.0 Å². The van der Waals surface area contributed by atoms with E-state index < -0.39 is 0 Å². The molecule has 6 nitrogen and oxygen atoms in total. The Morgan fingerprint density at radius 2 is 1.92 bits per heavy atom. The fourth-order valence-electron chi connectivity index (χ4n) is 2.76. The number of hydrogen-bond donors (Lipinski definition) is 2. The topological polar surface area (TPSA) is 63.5 Å². The van der Waals surface area contributed by atoms with Gasteiger partial charge in [0.25, 0.3) is 0 Å². The Morgan fingerprint density at radius 1 is 1.15 bits per heavy atom. The highest BCUT2D eigenvalue weighted by molar-refractivity contribution is 5.79. The molecule has 1 aromatic carbocycles. The first-order chi connectivity index (χ1) is 12.7. The second-order valence-corrected chi connectivity index (χ2v) is 6.11. The summed E-state index contributed by atoms with van der Waals surface area (Å²) in [6.07, 6.45) is 0. The van der Waals surface area contributed by atoms with Crippen LogP contribution in [0.3, 0.4) is 0 Å². The quantitative estimate of drug-likeness (QED) is 0.411. The van der Waals surface area contributed by atoms with Crippen LogP contribution in [0.25, 0.3) is 0 Å². The summed E-state index contributed by atoms with van der Waals surface area (Å²) >= 11 is 0. The molecule has 0 saturated carbocycles. The SMILES string of the molecule is CCNC(=NCc1c(C)nn(Cc2ccccc2)c1C)NCCOCC. The number of hydrogen-bond acceptors (Lipinski definition) is 3. The Balaban J connectivity index is 2.05. The van der Waals surface area contributed by atoms with E-state index in [1.807, 2.05) is 13.0 Å². The number of aromatic nitrogens is 2.